The number of rotatable bonds is 3. The summed E-state index contributed by atoms with van der Waals surface area (Å²) in [5.41, 5.74) is 0.469. The van der Waals surface area contributed by atoms with E-state index in [0.717, 1.165) is 0 Å². The number of halogens is 1. The van der Waals surface area contributed by atoms with E-state index in [1.54, 1.807) is 0 Å². The normalized spacial score (nSPS) is 11.4. The molecule has 0 saturated heterocycles. The Morgan fingerprint density at radius 3 is 2.40 bits per heavy atom. The fourth-order valence-corrected chi connectivity index (χ4v) is 2.85. The Balaban J connectivity index is 3.32. The van der Waals surface area contributed by atoms with Gasteiger partial charge in [0.25, 0.3) is 0 Å². The highest BCUT2D eigenvalue weighted by molar-refractivity contribution is 9.10. The highest BCUT2D eigenvalue weighted by Gasteiger charge is 2.16. The van der Waals surface area contributed by atoms with Crippen LogP contribution in [0.2, 0.25) is 0 Å². The molecular weight excluding hydrogens is 282 g/mol. The molecule has 82 valence electrons. The quantitative estimate of drug-likeness (QED) is 0.860. The molecule has 0 saturated carbocycles. The standard InChI is InChI=1S/C9H10BrNO3S/c1-6(12)7-3-4-9(8(10)5-7)15(13,14)11-2/h3-5,11H,1-2H3. The van der Waals surface area contributed by atoms with Crippen molar-refractivity contribution in [2.75, 3.05) is 7.05 Å². The van der Waals surface area contributed by atoms with Crippen LogP contribution in [0.25, 0.3) is 0 Å². The number of ketones is 1. The van der Waals surface area contributed by atoms with Gasteiger partial charge in [-0.15, -0.1) is 0 Å². The van der Waals surface area contributed by atoms with Crippen molar-refractivity contribution in [3.05, 3.63) is 28.2 Å². The molecule has 0 aliphatic heterocycles. The van der Waals surface area contributed by atoms with Crippen molar-refractivity contribution in [1.82, 2.24) is 4.72 Å². The highest BCUT2D eigenvalue weighted by Crippen LogP contribution is 2.23. The van der Waals surface area contributed by atoms with Crippen LogP contribution >= 0.6 is 15.9 Å². The van der Waals surface area contributed by atoms with Crippen molar-refractivity contribution in [3.8, 4) is 0 Å². The predicted octanol–water partition coefficient (Wildman–Crippen LogP) is 1.56. The van der Waals surface area contributed by atoms with Gasteiger partial charge < -0.3 is 0 Å². The van der Waals surface area contributed by atoms with Crippen molar-refractivity contribution in [2.24, 2.45) is 0 Å². The van der Waals surface area contributed by atoms with Crippen LogP contribution in [-0.4, -0.2) is 21.2 Å². The van der Waals surface area contributed by atoms with Gasteiger partial charge in [-0.05, 0) is 42.0 Å². The smallest absolute Gasteiger partial charge is 0.241 e. The Kier molecular flexibility index (Phi) is 3.64. The monoisotopic (exact) mass is 291 g/mol. The number of sulfonamides is 1. The summed E-state index contributed by atoms with van der Waals surface area (Å²) in [6.45, 7) is 1.42. The number of carbonyl (C=O) groups is 1. The van der Waals surface area contributed by atoms with Gasteiger partial charge in [0, 0.05) is 10.0 Å². The molecular formula is C9H10BrNO3S. The van der Waals surface area contributed by atoms with E-state index in [-0.39, 0.29) is 10.7 Å². The summed E-state index contributed by atoms with van der Waals surface area (Å²) in [5.74, 6) is -0.107. The van der Waals surface area contributed by atoms with Crippen LogP contribution in [0.1, 0.15) is 17.3 Å². The van der Waals surface area contributed by atoms with Gasteiger partial charge in [-0.3, -0.25) is 4.79 Å². The third-order valence-corrected chi connectivity index (χ3v) is 4.29. The van der Waals surface area contributed by atoms with Crippen LogP contribution in [0.15, 0.2) is 27.6 Å². The molecule has 0 aliphatic carbocycles. The van der Waals surface area contributed by atoms with E-state index in [1.807, 2.05) is 0 Å². The lowest BCUT2D eigenvalue weighted by atomic mass is 10.2. The molecule has 1 aromatic carbocycles. The van der Waals surface area contributed by atoms with Gasteiger partial charge in [-0.25, -0.2) is 13.1 Å². The molecule has 4 nitrogen and oxygen atoms in total. The zero-order valence-corrected chi connectivity index (χ0v) is 10.6. The first-order valence-electron chi connectivity index (χ1n) is 4.12. The molecule has 0 unspecified atom stereocenters. The maximum atomic E-state index is 11.5. The molecule has 0 bridgehead atoms. The minimum atomic E-state index is -3.48. The summed E-state index contributed by atoms with van der Waals surface area (Å²) in [7, 11) is -2.15. The van der Waals surface area contributed by atoms with E-state index in [2.05, 4.69) is 20.7 Å². The van der Waals surface area contributed by atoms with Crippen LogP contribution in [0, 0.1) is 0 Å². The molecule has 0 fully saturated rings. The maximum absolute atomic E-state index is 11.5. The van der Waals surface area contributed by atoms with E-state index < -0.39 is 10.0 Å². The lowest BCUT2D eigenvalue weighted by Crippen LogP contribution is -2.19. The fourth-order valence-electron chi connectivity index (χ4n) is 1.05. The Labute approximate surface area is 96.9 Å². The van der Waals surface area contributed by atoms with Crippen molar-refractivity contribution < 1.29 is 13.2 Å². The number of benzene rings is 1. The summed E-state index contributed by atoms with van der Waals surface area (Å²) >= 11 is 3.12. The number of hydrogen-bond donors (Lipinski definition) is 1. The zero-order valence-electron chi connectivity index (χ0n) is 8.24. The van der Waals surface area contributed by atoms with Crippen LogP contribution in [0.5, 0.6) is 0 Å². The lowest BCUT2D eigenvalue weighted by Gasteiger charge is -2.05. The van der Waals surface area contributed by atoms with Crippen molar-refractivity contribution in [3.63, 3.8) is 0 Å². The van der Waals surface area contributed by atoms with E-state index in [9.17, 15) is 13.2 Å². The molecule has 0 atom stereocenters. The molecule has 0 spiro atoms. The summed E-state index contributed by atoms with van der Waals surface area (Å²) < 4.78 is 25.5. The largest absolute Gasteiger partial charge is 0.295 e. The molecule has 1 N–H and O–H groups in total. The van der Waals surface area contributed by atoms with E-state index in [4.69, 9.17) is 0 Å². The lowest BCUT2D eigenvalue weighted by molar-refractivity contribution is 0.101. The molecule has 0 heterocycles. The van der Waals surface area contributed by atoms with E-state index in [1.165, 1.54) is 32.2 Å². The van der Waals surface area contributed by atoms with Gasteiger partial charge in [0.15, 0.2) is 5.78 Å². The average Bonchev–Trinajstić information content (AvgIpc) is 2.17. The number of carbonyl (C=O) groups excluding carboxylic acids is 1. The van der Waals surface area contributed by atoms with Crippen molar-refractivity contribution in [1.29, 1.82) is 0 Å². The Hall–Kier alpha value is -0.720. The van der Waals surface area contributed by atoms with Gasteiger partial charge in [0.05, 0.1) is 4.90 Å². The maximum Gasteiger partial charge on any atom is 0.241 e. The van der Waals surface area contributed by atoms with Crippen LogP contribution in [0.4, 0.5) is 0 Å². The summed E-state index contributed by atoms with van der Waals surface area (Å²) in [5, 5.41) is 0. The molecule has 15 heavy (non-hydrogen) atoms. The molecule has 0 amide bonds. The number of nitrogens with one attached hydrogen (secondary N) is 1. The number of Topliss-reactive ketones (excluding diaryl/α,β-unsaturated/α-hetero) is 1. The molecule has 1 aromatic rings. The first-order valence-corrected chi connectivity index (χ1v) is 6.40. The first kappa shape index (κ1) is 12.4. The third-order valence-electron chi connectivity index (χ3n) is 1.90. The fraction of sp³-hybridized carbons (Fsp3) is 0.222. The van der Waals surface area contributed by atoms with Gasteiger partial charge in [0.2, 0.25) is 10.0 Å². The van der Waals surface area contributed by atoms with Gasteiger partial charge >= 0.3 is 0 Å². The third kappa shape index (κ3) is 2.64. The second kappa shape index (κ2) is 4.42. The Morgan fingerprint density at radius 2 is 2.00 bits per heavy atom. The average molecular weight is 292 g/mol. The minimum absolute atomic E-state index is 0.107. The summed E-state index contributed by atoms with van der Waals surface area (Å²) in [6, 6.07) is 4.37. The van der Waals surface area contributed by atoms with Crippen molar-refractivity contribution >= 4 is 31.7 Å². The molecule has 0 aliphatic rings. The van der Waals surface area contributed by atoms with E-state index >= 15 is 0 Å². The zero-order chi connectivity index (χ0) is 11.6. The van der Waals surface area contributed by atoms with Crippen molar-refractivity contribution in [2.45, 2.75) is 11.8 Å². The second-order valence-electron chi connectivity index (χ2n) is 2.91. The summed E-state index contributed by atoms with van der Waals surface area (Å²) in [6.07, 6.45) is 0. The summed E-state index contributed by atoms with van der Waals surface area (Å²) in [4.78, 5) is 11.2. The van der Waals surface area contributed by atoms with Gasteiger partial charge in [0.1, 0.15) is 0 Å². The van der Waals surface area contributed by atoms with Crippen LogP contribution in [0.3, 0.4) is 0 Å². The molecule has 0 aromatic heterocycles. The predicted molar refractivity (Wildman–Crippen MR) is 60.4 cm³/mol. The van der Waals surface area contributed by atoms with E-state index in [0.29, 0.717) is 10.0 Å². The van der Waals surface area contributed by atoms with Gasteiger partial charge in [-0.1, -0.05) is 6.07 Å². The topological polar surface area (TPSA) is 63.2 Å². The Morgan fingerprint density at radius 1 is 1.40 bits per heavy atom. The molecule has 1 rings (SSSR count). The first-order chi connectivity index (χ1) is 6.88. The van der Waals surface area contributed by atoms with Gasteiger partial charge in [-0.2, -0.15) is 0 Å². The minimum Gasteiger partial charge on any atom is -0.295 e. The second-order valence-corrected chi connectivity index (χ2v) is 5.62. The molecule has 6 heteroatoms. The SMILES string of the molecule is CNS(=O)(=O)c1ccc(C(C)=O)cc1Br. The molecule has 0 radical (unpaired) electrons. The highest BCUT2D eigenvalue weighted by atomic mass is 79.9. The Bertz CT molecular complexity index is 496. The van der Waals surface area contributed by atoms with Crippen LogP contribution in [-0.2, 0) is 10.0 Å². The van der Waals surface area contributed by atoms with Crippen LogP contribution < -0.4 is 4.72 Å². The number of hydrogen-bond acceptors (Lipinski definition) is 3.